The molecule has 0 atom stereocenters. The van der Waals surface area contributed by atoms with Crippen molar-refractivity contribution in [3.8, 4) is 5.75 Å². The third kappa shape index (κ3) is 5.59. The molecule has 0 spiro atoms. The van der Waals surface area contributed by atoms with Gasteiger partial charge in [-0.2, -0.15) is 0 Å². The summed E-state index contributed by atoms with van der Waals surface area (Å²) in [6.07, 6.45) is -0.301. The van der Waals surface area contributed by atoms with Gasteiger partial charge in [-0.25, -0.2) is 0 Å². The fraction of sp³-hybridized carbons (Fsp3) is 0.529. The van der Waals surface area contributed by atoms with E-state index < -0.39 is 6.29 Å². The van der Waals surface area contributed by atoms with Crippen molar-refractivity contribution in [2.45, 2.75) is 26.6 Å². The average Bonchev–Trinajstić information content (AvgIpc) is 2.56. The van der Waals surface area contributed by atoms with Crippen LogP contribution >= 0.6 is 0 Å². The highest BCUT2D eigenvalue weighted by atomic mass is 16.7. The van der Waals surface area contributed by atoms with Gasteiger partial charge in [-0.15, -0.1) is 0 Å². The van der Waals surface area contributed by atoms with E-state index in [1.165, 1.54) is 28.3 Å². The molecule has 0 fully saturated rings. The molecule has 1 rings (SSSR count). The summed E-state index contributed by atoms with van der Waals surface area (Å²) in [6, 6.07) is 3.32. The molecule has 0 aromatic heterocycles. The first kappa shape index (κ1) is 20.1. The van der Waals surface area contributed by atoms with E-state index in [1.807, 2.05) is 0 Å². The second kappa shape index (κ2) is 10.0. The highest BCUT2D eigenvalue weighted by Gasteiger charge is 2.17. The molecule has 24 heavy (non-hydrogen) atoms. The average molecular weight is 339 g/mol. The van der Waals surface area contributed by atoms with E-state index in [0.717, 1.165) is 0 Å². The van der Waals surface area contributed by atoms with Crippen LogP contribution in [0.5, 0.6) is 5.75 Å². The number of ketones is 1. The molecule has 0 aliphatic heterocycles. The predicted molar refractivity (Wildman–Crippen MR) is 89.6 cm³/mol. The maximum absolute atomic E-state index is 12.0. The lowest BCUT2D eigenvalue weighted by atomic mass is 10.0. The second-order valence-corrected chi connectivity index (χ2v) is 5.17. The van der Waals surface area contributed by atoms with Crippen LogP contribution < -0.4 is 10.1 Å². The van der Waals surface area contributed by atoms with Crippen molar-refractivity contribution in [2.75, 3.05) is 39.9 Å². The Hall–Kier alpha value is -1.96. The summed E-state index contributed by atoms with van der Waals surface area (Å²) in [4.78, 5) is 23.8. The number of Topliss-reactive ketones (excluding diaryl/α,β-unsaturated/α-hetero) is 1. The Morgan fingerprint density at radius 1 is 1.17 bits per heavy atom. The summed E-state index contributed by atoms with van der Waals surface area (Å²) in [6.45, 7) is 3.72. The number of benzene rings is 1. The van der Waals surface area contributed by atoms with E-state index in [9.17, 15) is 9.59 Å². The number of hydrogen-bond acceptors (Lipinski definition) is 6. The summed E-state index contributed by atoms with van der Waals surface area (Å²) in [5, 5.41) is 2.77. The largest absolute Gasteiger partial charge is 0.488 e. The van der Waals surface area contributed by atoms with Crippen LogP contribution in [0, 0.1) is 6.92 Å². The van der Waals surface area contributed by atoms with Gasteiger partial charge in [-0.3, -0.25) is 9.59 Å². The fourth-order valence-electron chi connectivity index (χ4n) is 2.09. The first-order chi connectivity index (χ1) is 11.4. The van der Waals surface area contributed by atoms with Crippen LogP contribution in [0.25, 0.3) is 0 Å². The second-order valence-electron chi connectivity index (χ2n) is 5.17. The monoisotopic (exact) mass is 339 g/mol. The third-order valence-corrected chi connectivity index (χ3v) is 3.49. The first-order valence-electron chi connectivity index (χ1n) is 7.56. The summed E-state index contributed by atoms with van der Waals surface area (Å²) in [5.74, 6) is 0.172. The minimum atomic E-state index is -0.503. The number of carbonyl (C=O) groups excluding carboxylic acids is 2. The minimum absolute atomic E-state index is 0.140. The zero-order chi connectivity index (χ0) is 18.1. The van der Waals surface area contributed by atoms with Crippen molar-refractivity contribution in [3.63, 3.8) is 0 Å². The van der Waals surface area contributed by atoms with Gasteiger partial charge >= 0.3 is 0 Å². The Morgan fingerprint density at radius 2 is 1.83 bits per heavy atom. The van der Waals surface area contributed by atoms with Crippen LogP contribution in [-0.2, 0) is 19.0 Å². The smallest absolute Gasteiger partial charge is 0.226 e. The maximum atomic E-state index is 12.0. The fourth-order valence-corrected chi connectivity index (χ4v) is 2.09. The molecule has 0 radical (unpaired) electrons. The number of methoxy groups -OCH3 is 3. The van der Waals surface area contributed by atoms with E-state index in [1.54, 1.807) is 19.1 Å². The highest BCUT2D eigenvalue weighted by Crippen LogP contribution is 2.30. The molecule has 7 nitrogen and oxygen atoms in total. The lowest BCUT2D eigenvalue weighted by molar-refractivity contribution is -0.122. The number of anilines is 1. The SMILES string of the molecule is COCCC(=O)Nc1c(C(C)=O)ccc(OCC(OC)OC)c1C. The molecule has 134 valence electrons. The molecule has 7 heteroatoms. The quantitative estimate of drug-likeness (QED) is 0.520. The molecular weight excluding hydrogens is 314 g/mol. The van der Waals surface area contributed by atoms with Crippen LogP contribution in [-0.4, -0.2) is 52.5 Å². The van der Waals surface area contributed by atoms with Crippen molar-refractivity contribution in [1.82, 2.24) is 0 Å². The van der Waals surface area contributed by atoms with Crippen molar-refractivity contribution < 1.29 is 28.5 Å². The molecule has 0 unspecified atom stereocenters. The summed E-state index contributed by atoms with van der Waals surface area (Å²) in [5.41, 5.74) is 1.55. The van der Waals surface area contributed by atoms with Gasteiger partial charge in [0, 0.05) is 32.5 Å². The van der Waals surface area contributed by atoms with Crippen molar-refractivity contribution >= 4 is 17.4 Å². The van der Waals surface area contributed by atoms with Crippen LogP contribution in [0.3, 0.4) is 0 Å². The number of hydrogen-bond donors (Lipinski definition) is 1. The number of carbonyl (C=O) groups is 2. The van der Waals surface area contributed by atoms with Crippen LogP contribution in [0.4, 0.5) is 5.69 Å². The number of rotatable bonds is 10. The Labute approximate surface area is 142 Å². The molecule has 0 aliphatic carbocycles. The van der Waals surface area contributed by atoms with Gasteiger partial charge in [-0.05, 0) is 26.0 Å². The van der Waals surface area contributed by atoms with Gasteiger partial charge in [0.05, 0.1) is 18.7 Å². The predicted octanol–water partition coefficient (Wildman–Crippen LogP) is 2.17. The molecule has 0 saturated heterocycles. The van der Waals surface area contributed by atoms with E-state index in [4.69, 9.17) is 18.9 Å². The van der Waals surface area contributed by atoms with Crippen molar-refractivity contribution in [2.24, 2.45) is 0 Å². The molecule has 0 bridgehead atoms. The molecule has 0 aliphatic rings. The topological polar surface area (TPSA) is 83.1 Å². The summed E-state index contributed by atoms with van der Waals surface area (Å²) < 4.78 is 20.7. The molecule has 1 aromatic carbocycles. The molecule has 0 heterocycles. The van der Waals surface area contributed by atoms with Gasteiger partial charge in [0.1, 0.15) is 12.4 Å². The van der Waals surface area contributed by atoms with Crippen LogP contribution in [0.1, 0.15) is 29.3 Å². The van der Waals surface area contributed by atoms with Gasteiger partial charge in [0.2, 0.25) is 5.91 Å². The molecule has 1 aromatic rings. The minimum Gasteiger partial charge on any atom is -0.488 e. The third-order valence-electron chi connectivity index (χ3n) is 3.49. The number of nitrogens with one attached hydrogen (secondary N) is 1. The van der Waals surface area contributed by atoms with E-state index in [0.29, 0.717) is 29.2 Å². The normalized spacial score (nSPS) is 10.8. The Kier molecular flexibility index (Phi) is 8.39. The van der Waals surface area contributed by atoms with Gasteiger partial charge < -0.3 is 24.3 Å². The van der Waals surface area contributed by atoms with Gasteiger partial charge in [0.25, 0.3) is 0 Å². The van der Waals surface area contributed by atoms with Crippen LogP contribution in [0.15, 0.2) is 12.1 Å². The van der Waals surface area contributed by atoms with Crippen molar-refractivity contribution in [1.29, 1.82) is 0 Å². The zero-order valence-corrected chi connectivity index (χ0v) is 14.8. The van der Waals surface area contributed by atoms with E-state index >= 15 is 0 Å². The molecular formula is C17H25NO6. The summed E-state index contributed by atoms with van der Waals surface area (Å²) >= 11 is 0. The number of amides is 1. The highest BCUT2D eigenvalue weighted by molar-refractivity contribution is 6.05. The first-order valence-corrected chi connectivity index (χ1v) is 7.56. The van der Waals surface area contributed by atoms with Gasteiger partial charge in [-0.1, -0.05) is 0 Å². The van der Waals surface area contributed by atoms with E-state index in [-0.39, 0.29) is 24.7 Å². The Morgan fingerprint density at radius 3 is 2.38 bits per heavy atom. The Bertz CT molecular complexity index is 568. The molecule has 1 N–H and O–H groups in total. The lowest BCUT2D eigenvalue weighted by Gasteiger charge is -2.19. The van der Waals surface area contributed by atoms with Gasteiger partial charge in [0.15, 0.2) is 12.1 Å². The molecule has 1 amide bonds. The Balaban J connectivity index is 3.02. The number of ether oxygens (including phenoxy) is 4. The van der Waals surface area contributed by atoms with Crippen molar-refractivity contribution in [3.05, 3.63) is 23.3 Å². The maximum Gasteiger partial charge on any atom is 0.226 e. The standard InChI is InChI=1S/C17H25NO6/c1-11-14(24-10-16(22-4)23-5)7-6-13(12(2)19)17(11)18-15(20)8-9-21-3/h6-7,16H,8-10H2,1-5H3,(H,18,20). The zero-order valence-electron chi connectivity index (χ0n) is 14.8. The summed E-state index contributed by atoms with van der Waals surface area (Å²) in [7, 11) is 4.56. The van der Waals surface area contributed by atoms with E-state index in [2.05, 4.69) is 5.32 Å². The lowest BCUT2D eigenvalue weighted by Crippen LogP contribution is -2.22. The van der Waals surface area contributed by atoms with Crippen LogP contribution in [0.2, 0.25) is 0 Å². The molecule has 0 saturated carbocycles.